The van der Waals surface area contributed by atoms with E-state index in [2.05, 4.69) is 24.5 Å². The standard InChI is InChI=1S/C26H29F2N3O3/c1-15-4-5-16(2)31(15)24(33)19-8-6-18(7-9-19)17(3)29-25(34)26(10-11-26)30-23(32)20-12-21(27)14-22(28)13-20/h6-9,12-17H,4-5,10-11H2,1-3H3,(H,29,34)(H,30,32)/t15?,16?,17-/m1/s1. The van der Waals surface area contributed by atoms with Crippen LogP contribution in [0.5, 0.6) is 0 Å². The largest absolute Gasteiger partial charge is 0.348 e. The van der Waals surface area contributed by atoms with Crippen molar-refractivity contribution in [1.29, 1.82) is 0 Å². The van der Waals surface area contributed by atoms with Gasteiger partial charge >= 0.3 is 0 Å². The highest BCUT2D eigenvalue weighted by Gasteiger charge is 2.51. The average Bonchev–Trinajstić information content (AvgIpc) is 3.50. The molecule has 1 heterocycles. The van der Waals surface area contributed by atoms with Crippen molar-refractivity contribution >= 4 is 17.7 Å². The summed E-state index contributed by atoms with van der Waals surface area (Å²) < 4.78 is 26.9. The zero-order valence-electron chi connectivity index (χ0n) is 19.5. The van der Waals surface area contributed by atoms with Crippen LogP contribution in [0.1, 0.15) is 78.8 Å². The van der Waals surface area contributed by atoms with E-state index in [9.17, 15) is 23.2 Å². The normalized spacial score (nSPS) is 21.6. The van der Waals surface area contributed by atoms with E-state index in [4.69, 9.17) is 0 Å². The van der Waals surface area contributed by atoms with Gasteiger partial charge in [0.1, 0.15) is 17.2 Å². The number of benzene rings is 2. The lowest BCUT2D eigenvalue weighted by Crippen LogP contribution is -2.49. The predicted molar refractivity (Wildman–Crippen MR) is 123 cm³/mol. The van der Waals surface area contributed by atoms with Gasteiger partial charge in [-0.1, -0.05) is 12.1 Å². The average molecular weight is 470 g/mol. The predicted octanol–water partition coefficient (Wildman–Crippen LogP) is 4.12. The van der Waals surface area contributed by atoms with Crippen LogP contribution in [0.2, 0.25) is 0 Å². The zero-order valence-corrected chi connectivity index (χ0v) is 19.5. The molecule has 1 aliphatic carbocycles. The quantitative estimate of drug-likeness (QED) is 0.668. The van der Waals surface area contributed by atoms with Crippen LogP contribution in [-0.2, 0) is 4.79 Å². The molecule has 2 unspecified atom stereocenters. The zero-order chi connectivity index (χ0) is 24.6. The molecular weight excluding hydrogens is 440 g/mol. The number of halogens is 2. The van der Waals surface area contributed by atoms with Gasteiger partial charge < -0.3 is 15.5 Å². The third kappa shape index (κ3) is 4.81. The molecule has 8 heteroatoms. The molecule has 180 valence electrons. The Labute approximate surface area is 197 Å². The molecule has 2 fully saturated rings. The Morgan fingerprint density at radius 2 is 1.50 bits per heavy atom. The number of carbonyl (C=O) groups is 3. The highest BCUT2D eigenvalue weighted by atomic mass is 19.1. The summed E-state index contributed by atoms with van der Waals surface area (Å²) >= 11 is 0. The van der Waals surface area contributed by atoms with E-state index in [0.717, 1.165) is 30.5 Å². The second-order valence-electron chi connectivity index (χ2n) is 9.50. The molecule has 34 heavy (non-hydrogen) atoms. The number of rotatable bonds is 6. The Morgan fingerprint density at radius 1 is 0.941 bits per heavy atom. The van der Waals surface area contributed by atoms with Gasteiger partial charge in [-0.25, -0.2) is 8.78 Å². The molecule has 2 aliphatic rings. The van der Waals surface area contributed by atoms with E-state index in [-0.39, 0.29) is 35.5 Å². The minimum atomic E-state index is -1.09. The maximum Gasteiger partial charge on any atom is 0.254 e. The molecule has 0 aromatic heterocycles. The van der Waals surface area contributed by atoms with E-state index in [0.29, 0.717) is 24.5 Å². The van der Waals surface area contributed by atoms with E-state index in [1.54, 1.807) is 12.1 Å². The first-order valence-electron chi connectivity index (χ1n) is 11.6. The van der Waals surface area contributed by atoms with Crippen molar-refractivity contribution in [1.82, 2.24) is 15.5 Å². The summed E-state index contributed by atoms with van der Waals surface area (Å²) in [5.74, 6) is -2.77. The number of hydrogen-bond donors (Lipinski definition) is 2. The van der Waals surface area contributed by atoms with Gasteiger partial charge in [0.25, 0.3) is 11.8 Å². The van der Waals surface area contributed by atoms with Gasteiger partial charge in [0.2, 0.25) is 5.91 Å². The maximum atomic E-state index is 13.4. The first-order valence-corrected chi connectivity index (χ1v) is 11.6. The van der Waals surface area contributed by atoms with Crippen molar-refractivity contribution in [3.8, 4) is 0 Å². The van der Waals surface area contributed by atoms with Crippen molar-refractivity contribution in [2.75, 3.05) is 0 Å². The number of hydrogen-bond acceptors (Lipinski definition) is 3. The molecule has 3 atom stereocenters. The summed E-state index contributed by atoms with van der Waals surface area (Å²) in [5.41, 5.74) is 0.163. The minimum absolute atomic E-state index is 0.00849. The third-order valence-electron chi connectivity index (χ3n) is 6.85. The summed E-state index contributed by atoms with van der Waals surface area (Å²) in [4.78, 5) is 40.2. The first-order chi connectivity index (χ1) is 16.1. The van der Waals surface area contributed by atoms with E-state index in [1.807, 2.05) is 24.0 Å². The molecule has 2 aromatic carbocycles. The molecule has 6 nitrogen and oxygen atoms in total. The smallest absolute Gasteiger partial charge is 0.254 e. The fraction of sp³-hybridized carbons (Fsp3) is 0.423. The fourth-order valence-electron chi connectivity index (χ4n) is 4.59. The molecule has 0 radical (unpaired) electrons. The van der Waals surface area contributed by atoms with Crippen LogP contribution in [0.15, 0.2) is 42.5 Å². The van der Waals surface area contributed by atoms with Crippen LogP contribution in [0.3, 0.4) is 0 Å². The molecule has 1 saturated carbocycles. The summed E-state index contributed by atoms with van der Waals surface area (Å²) in [7, 11) is 0. The maximum absolute atomic E-state index is 13.4. The summed E-state index contributed by atoms with van der Waals surface area (Å²) in [6.45, 7) is 5.94. The topological polar surface area (TPSA) is 78.5 Å². The minimum Gasteiger partial charge on any atom is -0.348 e. The van der Waals surface area contributed by atoms with Crippen LogP contribution in [-0.4, -0.2) is 40.2 Å². The molecular formula is C26H29F2N3O3. The number of likely N-dealkylation sites (tertiary alicyclic amines) is 1. The van der Waals surface area contributed by atoms with Crippen molar-refractivity contribution in [3.05, 3.63) is 70.8 Å². The van der Waals surface area contributed by atoms with Crippen LogP contribution < -0.4 is 10.6 Å². The highest BCUT2D eigenvalue weighted by molar-refractivity contribution is 6.00. The van der Waals surface area contributed by atoms with Crippen LogP contribution in [0.25, 0.3) is 0 Å². The molecule has 2 aromatic rings. The Kier molecular flexibility index (Phi) is 6.43. The fourth-order valence-corrected chi connectivity index (χ4v) is 4.59. The van der Waals surface area contributed by atoms with Gasteiger partial charge in [-0.15, -0.1) is 0 Å². The number of nitrogens with zero attached hydrogens (tertiary/aromatic N) is 1. The Hall–Kier alpha value is -3.29. The van der Waals surface area contributed by atoms with Crippen molar-refractivity contribution < 1.29 is 23.2 Å². The lowest BCUT2D eigenvalue weighted by Gasteiger charge is -2.26. The third-order valence-corrected chi connectivity index (χ3v) is 6.85. The molecule has 0 bridgehead atoms. The van der Waals surface area contributed by atoms with Gasteiger partial charge in [-0.3, -0.25) is 14.4 Å². The lowest BCUT2D eigenvalue weighted by molar-refractivity contribution is -0.124. The molecule has 3 amide bonds. The molecule has 1 saturated heterocycles. The summed E-state index contributed by atoms with van der Waals surface area (Å²) in [6, 6.07) is 9.79. The van der Waals surface area contributed by atoms with Gasteiger partial charge in [0.15, 0.2) is 0 Å². The summed E-state index contributed by atoms with van der Waals surface area (Å²) in [6.07, 6.45) is 2.88. The number of nitrogens with one attached hydrogen (secondary N) is 2. The monoisotopic (exact) mass is 469 g/mol. The van der Waals surface area contributed by atoms with Crippen LogP contribution >= 0.6 is 0 Å². The first kappa shape index (κ1) is 23.9. The highest BCUT2D eigenvalue weighted by Crippen LogP contribution is 2.36. The van der Waals surface area contributed by atoms with Crippen LogP contribution in [0.4, 0.5) is 8.78 Å². The molecule has 0 spiro atoms. The summed E-state index contributed by atoms with van der Waals surface area (Å²) in [5, 5.41) is 5.52. The Bertz CT molecular complexity index is 1080. The van der Waals surface area contributed by atoms with Crippen molar-refractivity contribution in [3.63, 3.8) is 0 Å². The van der Waals surface area contributed by atoms with Gasteiger partial charge in [0, 0.05) is 29.3 Å². The van der Waals surface area contributed by atoms with Gasteiger partial charge in [0.05, 0.1) is 6.04 Å². The lowest BCUT2D eigenvalue weighted by atomic mass is 10.0. The SMILES string of the molecule is CC1CCC(C)N1C(=O)c1ccc([C@@H](C)NC(=O)C2(NC(=O)c3cc(F)cc(F)c3)CC2)cc1. The van der Waals surface area contributed by atoms with Crippen molar-refractivity contribution in [2.45, 2.75) is 70.1 Å². The van der Waals surface area contributed by atoms with E-state index < -0.39 is 23.1 Å². The molecule has 1 aliphatic heterocycles. The van der Waals surface area contributed by atoms with Gasteiger partial charge in [-0.05, 0) is 76.3 Å². The van der Waals surface area contributed by atoms with Crippen molar-refractivity contribution in [2.24, 2.45) is 0 Å². The second-order valence-corrected chi connectivity index (χ2v) is 9.50. The Morgan fingerprint density at radius 3 is 2.03 bits per heavy atom. The van der Waals surface area contributed by atoms with E-state index >= 15 is 0 Å². The van der Waals surface area contributed by atoms with Crippen LogP contribution in [0, 0.1) is 11.6 Å². The molecule has 2 N–H and O–H groups in total. The van der Waals surface area contributed by atoms with E-state index in [1.165, 1.54) is 0 Å². The number of amides is 3. The second kappa shape index (κ2) is 9.16. The Balaban J connectivity index is 1.38. The number of carbonyl (C=O) groups excluding carboxylic acids is 3. The van der Waals surface area contributed by atoms with Gasteiger partial charge in [-0.2, -0.15) is 0 Å². The molecule has 4 rings (SSSR count).